The Morgan fingerprint density at radius 1 is 1.37 bits per heavy atom. The van der Waals surface area contributed by atoms with Crippen molar-refractivity contribution in [3.8, 4) is 0 Å². The second-order valence-electron chi connectivity index (χ2n) is 5.61. The van der Waals surface area contributed by atoms with Crippen LogP contribution < -0.4 is 11.3 Å². The lowest BCUT2D eigenvalue weighted by molar-refractivity contribution is 0.0836. The minimum atomic E-state index is -0.0161. The van der Waals surface area contributed by atoms with Gasteiger partial charge in [0.2, 0.25) is 0 Å². The number of hydrogen-bond donors (Lipinski definition) is 2. The van der Waals surface area contributed by atoms with Crippen molar-refractivity contribution in [1.29, 1.82) is 0 Å². The number of likely N-dealkylation sites (N-methyl/N-ethyl adjacent to an activating group) is 2. The maximum Gasteiger partial charge on any atom is 0.147 e. The van der Waals surface area contributed by atoms with Gasteiger partial charge in [0.25, 0.3) is 0 Å². The fraction of sp³-hybridized carbons (Fsp3) is 0.833. The summed E-state index contributed by atoms with van der Waals surface area (Å²) in [6.07, 6.45) is 1.60. The van der Waals surface area contributed by atoms with Crippen LogP contribution >= 0.6 is 0 Å². The van der Waals surface area contributed by atoms with Crippen molar-refractivity contribution in [3.05, 3.63) is 12.2 Å². The van der Waals surface area contributed by atoms with Crippen LogP contribution in [0.4, 0.5) is 0 Å². The quantitative estimate of drug-likeness (QED) is 0.571. The highest BCUT2D eigenvalue weighted by atomic mass is 15.4. The van der Waals surface area contributed by atoms with Crippen LogP contribution in [0.15, 0.2) is 6.33 Å². The molecular formula is C12H25N7. The molecule has 2 heterocycles. The molecule has 2 atom stereocenters. The normalized spacial score (nSPS) is 24.0. The molecule has 0 aliphatic carbocycles. The Bertz CT molecular complexity index is 403. The Morgan fingerprint density at radius 3 is 2.74 bits per heavy atom. The van der Waals surface area contributed by atoms with E-state index in [0.29, 0.717) is 6.04 Å². The predicted molar refractivity (Wildman–Crippen MR) is 74.4 cm³/mol. The molecule has 0 radical (unpaired) electrons. The zero-order chi connectivity index (χ0) is 14.0. The molecule has 0 spiro atoms. The van der Waals surface area contributed by atoms with E-state index in [4.69, 9.17) is 5.84 Å². The molecule has 0 aromatic carbocycles. The minimum absolute atomic E-state index is 0.0161. The molecule has 1 saturated heterocycles. The maximum absolute atomic E-state index is 5.80. The van der Waals surface area contributed by atoms with Crippen LogP contribution in [0.25, 0.3) is 0 Å². The molecular weight excluding hydrogens is 242 g/mol. The first-order chi connectivity index (χ1) is 9.04. The van der Waals surface area contributed by atoms with Crippen molar-refractivity contribution in [2.45, 2.75) is 32.0 Å². The molecule has 108 valence electrons. The number of aromatic nitrogens is 3. The summed E-state index contributed by atoms with van der Waals surface area (Å²) in [5.74, 6) is 6.70. The molecule has 0 amide bonds. The van der Waals surface area contributed by atoms with E-state index in [-0.39, 0.29) is 12.1 Å². The average Bonchev–Trinajstić information content (AvgIpc) is 2.84. The number of piperazine rings is 1. The molecule has 7 heteroatoms. The number of hydrogen-bond acceptors (Lipinski definition) is 6. The molecule has 7 nitrogen and oxygen atoms in total. The first kappa shape index (κ1) is 14.4. The minimum Gasteiger partial charge on any atom is -0.303 e. The summed E-state index contributed by atoms with van der Waals surface area (Å²) in [7, 11) is 4.28. The van der Waals surface area contributed by atoms with Gasteiger partial charge in [0.05, 0.1) is 6.04 Å². The van der Waals surface area contributed by atoms with Gasteiger partial charge in [0.15, 0.2) is 0 Å². The third-order valence-electron chi connectivity index (χ3n) is 3.83. The van der Waals surface area contributed by atoms with Crippen molar-refractivity contribution >= 4 is 0 Å². The van der Waals surface area contributed by atoms with Crippen LogP contribution in [0.1, 0.15) is 31.8 Å². The van der Waals surface area contributed by atoms with Crippen molar-refractivity contribution in [2.24, 2.45) is 5.84 Å². The molecule has 2 rings (SSSR count). The van der Waals surface area contributed by atoms with Crippen LogP contribution in [-0.4, -0.2) is 64.3 Å². The molecule has 0 bridgehead atoms. The molecule has 1 aliphatic rings. The highest BCUT2D eigenvalue weighted by Crippen LogP contribution is 2.22. The summed E-state index contributed by atoms with van der Waals surface area (Å²) in [6.45, 7) is 7.29. The Labute approximate surface area is 114 Å². The maximum atomic E-state index is 5.80. The van der Waals surface area contributed by atoms with E-state index >= 15 is 0 Å². The summed E-state index contributed by atoms with van der Waals surface area (Å²) in [5.41, 5.74) is 2.93. The Morgan fingerprint density at radius 2 is 2.11 bits per heavy atom. The monoisotopic (exact) mass is 267 g/mol. The van der Waals surface area contributed by atoms with E-state index in [0.717, 1.165) is 25.5 Å². The van der Waals surface area contributed by atoms with E-state index in [2.05, 4.69) is 53.3 Å². The SMILES string of the molecule is CC(C)n1ncnc1C(NN)C1CN(C)CCN1C. The summed E-state index contributed by atoms with van der Waals surface area (Å²) in [6, 6.07) is 0.558. The van der Waals surface area contributed by atoms with Gasteiger partial charge in [-0.25, -0.2) is 15.1 Å². The number of nitrogens with two attached hydrogens (primary N) is 1. The van der Waals surface area contributed by atoms with E-state index < -0.39 is 0 Å². The van der Waals surface area contributed by atoms with Crippen LogP contribution in [0, 0.1) is 0 Å². The zero-order valence-electron chi connectivity index (χ0n) is 12.2. The van der Waals surface area contributed by atoms with E-state index in [9.17, 15) is 0 Å². The first-order valence-electron chi connectivity index (χ1n) is 6.79. The Hall–Kier alpha value is -1.02. The standard InChI is InChI=1S/C12H25N7/c1-9(2)19-12(14-8-15-19)11(16-13)10-7-17(3)5-6-18(10)4/h8-11,16H,5-7,13H2,1-4H3. The summed E-state index contributed by atoms with van der Waals surface area (Å²) < 4.78 is 1.94. The highest BCUT2D eigenvalue weighted by molar-refractivity contribution is 5.02. The molecule has 3 N–H and O–H groups in total. The highest BCUT2D eigenvalue weighted by Gasteiger charge is 2.33. The fourth-order valence-corrected chi connectivity index (χ4v) is 2.64. The second kappa shape index (κ2) is 5.96. The lowest BCUT2D eigenvalue weighted by atomic mass is 10.0. The van der Waals surface area contributed by atoms with Crippen molar-refractivity contribution in [2.75, 3.05) is 33.7 Å². The number of hydrazine groups is 1. The largest absolute Gasteiger partial charge is 0.303 e. The van der Waals surface area contributed by atoms with Crippen LogP contribution in [0.5, 0.6) is 0 Å². The lowest BCUT2D eigenvalue weighted by Gasteiger charge is -2.41. The van der Waals surface area contributed by atoms with Gasteiger partial charge in [0.1, 0.15) is 12.2 Å². The second-order valence-corrected chi connectivity index (χ2v) is 5.61. The molecule has 2 unspecified atom stereocenters. The van der Waals surface area contributed by atoms with Crippen molar-refractivity contribution in [3.63, 3.8) is 0 Å². The molecule has 0 saturated carbocycles. The lowest BCUT2D eigenvalue weighted by Crippen LogP contribution is -2.56. The summed E-state index contributed by atoms with van der Waals surface area (Å²) in [4.78, 5) is 9.07. The van der Waals surface area contributed by atoms with Crippen LogP contribution in [-0.2, 0) is 0 Å². The number of rotatable bonds is 4. The van der Waals surface area contributed by atoms with Gasteiger partial charge in [-0.05, 0) is 27.9 Å². The zero-order valence-corrected chi connectivity index (χ0v) is 12.2. The number of nitrogens with one attached hydrogen (secondary N) is 1. The topological polar surface area (TPSA) is 75.2 Å². The van der Waals surface area contributed by atoms with Crippen LogP contribution in [0.3, 0.4) is 0 Å². The summed E-state index contributed by atoms with van der Waals surface area (Å²) in [5, 5.41) is 4.30. The van der Waals surface area contributed by atoms with E-state index in [1.807, 2.05) is 4.68 Å². The van der Waals surface area contributed by atoms with Gasteiger partial charge in [-0.1, -0.05) is 0 Å². The van der Waals surface area contributed by atoms with Crippen LogP contribution in [0.2, 0.25) is 0 Å². The van der Waals surface area contributed by atoms with Gasteiger partial charge in [-0.15, -0.1) is 0 Å². The Kier molecular flexibility index (Phi) is 4.51. The predicted octanol–water partition coefficient (Wildman–Crippen LogP) is -0.391. The van der Waals surface area contributed by atoms with Gasteiger partial charge in [0, 0.05) is 31.7 Å². The smallest absolute Gasteiger partial charge is 0.147 e. The van der Waals surface area contributed by atoms with Gasteiger partial charge >= 0.3 is 0 Å². The van der Waals surface area contributed by atoms with Crippen molar-refractivity contribution < 1.29 is 0 Å². The Balaban J connectivity index is 2.25. The molecule has 1 aromatic heterocycles. The van der Waals surface area contributed by atoms with Gasteiger partial charge < -0.3 is 4.90 Å². The van der Waals surface area contributed by atoms with Crippen molar-refractivity contribution in [1.82, 2.24) is 30.0 Å². The third-order valence-corrected chi connectivity index (χ3v) is 3.83. The molecule has 1 aromatic rings. The fourth-order valence-electron chi connectivity index (χ4n) is 2.64. The van der Waals surface area contributed by atoms with Gasteiger partial charge in [-0.3, -0.25) is 10.7 Å². The van der Waals surface area contributed by atoms with E-state index in [1.54, 1.807) is 6.33 Å². The third kappa shape index (κ3) is 2.94. The van der Waals surface area contributed by atoms with Gasteiger partial charge in [-0.2, -0.15) is 5.10 Å². The average molecular weight is 267 g/mol. The summed E-state index contributed by atoms with van der Waals surface area (Å²) >= 11 is 0. The molecule has 1 fully saturated rings. The number of nitrogens with zero attached hydrogens (tertiary/aromatic N) is 5. The molecule has 19 heavy (non-hydrogen) atoms. The van der Waals surface area contributed by atoms with E-state index in [1.165, 1.54) is 0 Å². The molecule has 1 aliphatic heterocycles. The first-order valence-corrected chi connectivity index (χ1v) is 6.79.